The van der Waals surface area contributed by atoms with E-state index in [-0.39, 0.29) is 11.3 Å². The smallest absolute Gasteiger partial charge is 0.339 e. The molecule has 1 aromatic rings. The van der Waals surface area contributed by atoms with Crippen LogP contribution in [0.15, 0.2) is 24.3 Å². The molecule has 1 N–H and O–H groups in total. The number of ether oxygens (including phenoxy) is 1. The summed E-state index contributed by atoms with van der Waals surface area (Å²) >= 11 is 0. The van der Waals surface area contributed by atoms with E-state index in [0.29, 0.717) is 0 Å². The number of nitrogens with zero attached hydrogens (tertiary/aromatic N) is 1. The number of benzene rings is 1. The molecule has 0 aliphatic carbocycles. The zero-order valence-corrected chi connectivity index (χ0v) is 7.91. The van der Waals surface area contributed by atoms with Gasteiger partial charge in [0.05, 0.1) is 12.0 Å². The van der Waals surface area contributed by atoms with Crippen molar-refractivity contribution in [1.29, 1.82) is 0 Å². The molecule has 0 aliphatic rings. The summed E-state index contributed by atoms with van der Waals surface area (Å²) in [4.78, 5) is 20.7. The van der Waals surface area contributed by atoms with Crippen molar-refractivity contribution in [3.8, 4) is 0 Å². The fourth-order valence-corrected chi connectivity index (χ4v) is 1.03. The van der Waals surface area contributed by atoms with E-state index >= 15 is 0 Å². The second-order valence-corrected chi connectivity index (χ2v) is 2.77. The number of nitro benzene ring substituents is 1. The number of aliphatic hydroxyl groups excluding tert-OH is 1. The molecule has 80 valence electrons. The van der Waals surface area contributed by atoms with E-state index in [4.69, 9.17) is 0 Å². The summed E-state index contributed by atoms with van der Waals surface area (Å²) < 4.78 is 4.32. The molecular weight excluding hydrogens is 202 g/mol. The number of carbonyl (C=O) groups is 1. The Bertz CT molecular complexity index is 373. The number of rotatable bonds is 3. The molecule has 0 amide bonds. The first-order valence-electron chi connectivity index (χ1n) is 4.06. The Morgan fingerprint density at radius 2 is 2.00 bits per heavy atom. The molecule has 0 bridgehead atoms. The Labute approximate surface area is 85.2 Å². The standard InChI is InChI=1S/C9H9NO5/c1-15-9(12)8(11)6-2-4-7(5-3-6)10(13)14/h2-5,8,11H,1H3/t8-/m0/s1. The fourth-order valence-electron chi connectivity index (χ4n) is 1.03. The predicted octanol–water partition coefficient (Wildman–Crippen LogP) is 0.801. The summed E-state index contributed by atoms with van der Waals surface area (Å²) in [5, 5.41) is 19.7. The Balaban J connectivity index is 2.89. The lowest BCUT2D eigenvalue weighted by molar-refractivity contribution is -0.384. The fraction of sp³-hybridized carbons (Fsp3) is 0.222. The van der Waals surface area contributed by atoms with Crippen molar-refractivity contribution in [3.05, 3.63) is 39.9 Å². The molecule has 0 heterocycles. The van der Waals surface area contributed by atoms with Crippen LogP contribution >= 0.6 is 0 Å². The third-order valence-electron chi connectivity index (χ3n) is 1.84. The minimum absolute atomic E-state index is 0.101. The largest absolute Gasteiger partial charge is 0.467 e. The lowest BCUT2D eigenvalue weighted by atomic mass is 10.1. The first-order chi connectivity index (χ1) is 7.06. The van der Waals surface area contributed by atoms with E-state index in [1.807, 2.05) is 0 Å². The topological polar surface area (TPSA) is 89.7 Å². The summed E-state index contributed by atoms with van der Waals surface area (Å²) in [6, 6.07) is 5.03. The minimum Gasteiger partial charge on any atom is -0.467 e. The van der Waals surface area contributed by atoms with Crippen molar-refractivity contribution >= 4 is 11.7 Å². The number of methoxy groups -OCH3 is 1. The molecule has 0 aromatic heterocycles. The van der Waals surface area contributed by atoms with Gasteiger partial charge in [-0.15, -0.1) is 0 Å². The predicted molar refractivity (Wildman–Crippen MR) is 50.1 cm³/mol. The number of hydrogen-bond donors (Lipinski definition) is 1. The van der Waals surface area contributed by atoms with E-state index in [2.05, 4.69) is 4.74 Å². The first-order valence-corrected chi connectivity index (χ1v) is 4.06. The minimum atomic E-state index is -1.41. The Hall–Kier alpha value is -1.95. The summed E-state index contributed by atoms with van der Waals surface area (Å²) in [5.41, 5.74) is 0.156. The highest BCUT2D eigenvalue weighted by molar-refractivity contribution is 5.76. The number of nitro groups is 1. The van der Waals surface area contributed by atoms with Gasteiger partial charge < -0.3 is 9.84 Å². The maximum absolute atomic E-state index is 10.9. The summed E-state index contributed by atoms with van der Waals surface area (Å²) in [7, 11) is 1.15. The molecule has 0 spiro atoms. The molecule has 0 saturated carbocycles. The van der Waals surface area contributed by atoms with Gasteiger partial charge in [0.25, 0.3) is 5.69 Å². The van der Waals surface area contributed by atoms with Crippen LogP contribution < -0.4 is 0 Å². The van der Waals surface area contributed by atoms with Crippen molar-refractivity contribution in [1.82, 2.24) is 0 Å². The molecule has 0 saturated heterocycles. The highest BCUT2D eigenvalue weighted by Gasteiger charge is 2.18. The average Bonchev–Trinajstić information content (AvgIpc) is 2.27. The molecule has 0 unspecified atom stereocenters. The van der Waals surface area contributed by atoms with Crippen molar-refractivity contribution in [2.24, 2.45) is 0 Å². The van der Waals surface area contributed by atoms with Crippen LogP contribution in [0.3, 0.4) is 0 Å². The SMILES string of the molecule is COC(=O)[C@@H](O)c1ccc([N+](=O)[O-])cc1. The normalized spacial score (nSPS) is 11.9. The quantitative estimate of drug-likeness (QED) is 0.453. The third kappa shape index (κ3) is 2.50. The second-order valence-electron chi connectivity index (χ2n) is 2.77. The molecule has 1 rings (SSSR count). The first kappa shape index (κ1) is 11.1. The van der Waals surface area contributed by atoms with E-state index < -0.39 is 17.0 Å². The lowest BCUT2D eigenvalue weighted by Crippen LogP contribution is -2.13. The average molecular weight is 211 g/mol. The van der Waals surface area contributed by atoms with Gasteiger partial charge in [0.2, 0.25) is 0 Å². The molecular formula is C9H9NO5. The molecule has 0 aliphatic heterocycles. The zero-order chi connectivity index (χ0) is 11.4. The summed E-state index contributed by atoms with van der Waals surface area (Å²) in [6.45, 7) is 0. The highest BCUT2D eigenvalue weighted by atomic mass is 16.6. The molecule has 6 heteroatoms. The summed E-state index contributed by atoms with van der Waals surface area (Å²) in [5.74, 6) is -0.802. The van der Waals surface area contributed by atoms with Crippen LogP contribution in [0.1, 0.15) is 11.7 Å². The number of non-ortho nitro benzene ring substituents is 1. The molecule has 0 fully saturated rings. The van der Waals surface area contributed by atoms with Crippen LogP contribution in [-0.4, -0.2) is 23.1 Å². The highest BCUT2D eigenvalue weighted by Crippen LogP contribution is 2.18. The maximum Gasteiger partial charge on any atom is 0.339 e. The Kier molecular flexibility index (Phi) is 3.35. The Morgan fingerprint density at radius 3 is 2.40 bits per heavy atom. The van der Waals surface area contributed by atoms with Gasteiger partial charge in [-0.2, -0.15) is 0 Å². The van der Waals surface area contributed by atoms with Gasteiger partial charge in [0, 0.05) is 12.1 Å². The van der Waals surface area contributed by atoms with Crippen molar-refractivity contribution in [3.63, 3.8) is 0 Å². The summed E-state index contributed by atoms with van der Waals surface area (Å²) in [6.07, 6.45) is -1.41. The molecule has 6 nitrogen and oxygen atoms in total. The van der Waals surface area contributed by atoms with Crippen LogP contribution in [-0.2, 0) is 9.53 Å². The second kappa shape index (κ2) is 4.52. The molecule has 1 aromatic carbocycles. The van der Waals surface area contributed by atoms with Gasteiger partial charge in [-0.05, 0) is 17.7 Å². The third-order valence-corrected chi connectivity index (χ3v) is 1.84. The number of aliphatic hydroxyl groups is 1. The van der Waals surface area contributed by atoms with E-state index in [0.717, 1.165) is 7.11 Å². The van der Waals surface area contributed by atoms with Crippen molar-refractivity contribution < 1.29 is 19.6 Å². The van der Waals surface area contributed by atoms with Gasteiger partial charge >= 0.3 is 5.97 Å². The molecule has 15 heavy (non-hydrogen) atoms. The van der Waals surface area contributed by atoms with Gasteiger partial charge in [-0.25, -0.2) is 4.79 Å². The van der Waals surface area contributed by atoms with E-state index in [1.54, 1.807) is 0 Å². The lowest BCUT2D eigenvalue weighted by Gasteiger charge is -2.07. The molecule has 0 radical (unpaired) electrons. The molecule has 1 atom stereocenters. The number of carbonyl (C=O) groups excluding carboxylic acids is 1. The van der Waals surface area contributed by atoms with Gasteiger partial charge in [-0.1, -0.05) is 0 Å². The van der Waals surface area contributed by atoms with Crippen molar-refractivity contribution in [2.45, 2.75) is 6.10 Å². The monoisotopic (exact) mass is 211 g/mol. The van der Waals surface area contributed by atoms with Gasteiger partial charge in [-0.3, -0.25) is 10.1 Å². The van der Waals surface area contributed by atoms with Gasteiger partial charge in [0.15, 0.2) is 6.10 Å². The van der Waals surface area contributed by atoms with Crippen LogP contribution in [0.5, 0.6) is 0 Å². The maximum atomic E-state index is 10.9. The van der Waals surface area contributed by atoms with Crippen LogP contribution in [0.25, 0.3) is 0 Å². The number of hydrogen-bond acceptors (Lipinski definition) is 5. The van der Waals surface area contributed by atoms with Crippen molar-refractivity contribution in [2.75, 3.05) is 7.11 Å². The number of esters is 1. The Morgan fingerprint density at radius 1 is 1.47 bits per heavy atom. The van der Waals surface area contributed by atoms with Crippen LogP contribution in [0.2, 0.25) is 0 Å². The van der Waals surface area contributed by atoms with E-state index in [1.165, 1.54) is 24.3 Å². The van der Waals surface area contributed by atoms with E-state index in [9.17, 15) is 20.0 Å². The van der Waals surface area contributed by atoms with Crippen LogP contribution in [0, 0.1) is 10.1 Å². The van der Waals surface area contributed by atoms with Crippen LogP contribution in [0.4, 0.5) is 5.69 Å². The van der Waals surface area contributed by atoms with Gasteiger partial charge in [0.1, 0.15) is 0 Å². The zero-order valence-electron chi connectivity index (χ0n) is 7.91.